The predicted octanol–water partition coefficient (Wildman–Crippen LogP) is 2.03. The molecule has 2 atom stereocenters. The van der Waals surface area contributed by atoms with Gasteiger partial charge in [0, 0.05) is 45.1 Å². The van der Waals surface area contributed by atoms with E-state index in [0.29, 0.717) is 0 Å². The van der Waals surface area contributed by atoms with Gasteiger partial charge in [-0.25, -0.2) is 4.98 Å². The molecule has 4 heteroatoms. The van der Waals surface area contributed by atoms with E-state index in [1.807, 2.05) is 6.20 Å². The van der Waals surface area contributed by atoms with Crippen molar-refractivity contribution in [2.75, 3.05) is 37.6 Å². The van der Waals surface area contributed by atoms with E-state index >= 15 is 0 Å². The summed E-state index contributed by atoms with van der Waals surface area (Å²) in [5.74, 6) is 3.82. The first-order valence-corrected chi connectivity index (χ1v) is 8.12. The fourth-order valence-electron chi connectivity index (χ4n) is 4.12. The van der Waals surface area contributed by atoms with Gasteiger partial charge in [-0.15, -0.1) is 0 Å². The molecule has 4 rings (SSSR count). The van der Waals surface area contributed by atoms with Crippen molar-refractivity contribution in [3.63, 3.8) is 0 Å². The van der Waals surface area contributed by atoms with Crippen LogP contribution in [0.15, 0.2) is 18.6 Å². The number of rotatable bonds is 3. The first kappa shape index (κ1) is 12.6. The topological polar surface area (TPSA) is 32.3 Å². The molecule has 0 radical (unpaired) electrons. The summed E-state index contributed by atoms with van der Waals surface area (Å²) in [6, 6.07) is 0. The highest BCUT2D eigenvalue weighted by Crippen LogP contribution is 2.35. The van der Waals surface area contributed by atoms with Gasteiger partial charge in [0.25, 0.3) is 0 Å². The molecule has 3 fully saturated rings. The van der Waals surface area contributed by atoms with E-state index in [1.165, 1.54) is 51.9 Å². The van der Waals surface area contributed by atoms with Crippen LogP contribution in [0.2, 0.25) is 0 Å². The van der Waals surface area contributed by atoms with Crippen LogP contribution in [0, 0.1) is 17.8 Å². The summed E-state index contributed by atoms with van der Waals surface area (Å²) in [4.78, 5) is 13.8. The molecule has 4 nitrogen and oxygen atoms in total. The Balaban J connectivity index is 1.37. The molecule has 0 N–H and O–H groups in total. The van der Waals surface area contributed by atoms with Gasteiger partial charge in [-0.1, -0.05) is 6.42 Å². The molecule has 1 aliphatic carbocycles. The zero-order chi connectivity index (χ0) is 13.4. The van der Waals surface area contributed by atoms with Crippen LogP contribution in [0.1, 0.15) is 25.7 Å². The molecule has 1 aromatic rings. The fourth-order valence-corrected chi connectivity index (χ4v) is 4.12. The Bertz CT molecular complexity index is 445. The van der Waals surface area contributed by atoms with E-state index < -0.39 is 0 Å². The van der Waals surface area contributed by atoms with Gasteiger partial charge in [0.2, 0.25) is 0 Å². The summed E-state index contributed by atoms with van der Waals surface area (Å²) in [5, 5.41) is 0. The third-order valence-corrected chi connectivity index (χ3v) is 5.49. The average Bonchev–Trinajstić information content (AvgIpc) is 2.85. The minimum Gasteiger partial charge on any atom is -0.355 e. The van der Waals surface area contributed by atoms with Crippen LogP contribution in [-0.4, -0.2) is 47.6 Å². The summed E-state index contributed by atoms with van der Waals surface area (Å²) < 4.78 is 0. The van der Waals surface area contributed by atoms with E-state index in [0.717, 1.165) is 30.1 Å². The number of likely N-dealkylation sites (tertiary alicyclic amines) is 1. The third-order valence-electron chi connectivity index (χ3n) is 5.49. The lowest BCUT2D eigenvalue weighted by molar-refractivity contribution is 0.199. The quantitative estimate of drug-likeness (QED) is 0.843. The first-order valence-electron chi connectivity index (χ1n) is 8.12. The highest BCUT2D eigenvalue weighted by Gasteiger charge is 2.38. The number of hydrogen-bond acceptors (Lipinski definition) is 4. The fraction of sp³-hybridized carbons (Fsp3) is 0.750. The van der Waals surface area contributed by atoms with Crippen LogP contribution < -0.4 is 4.90 Å². The van der Waals surface area contributed by atoms with E-state index in [2.05, 4.69) is 19.8 Å². The standard InChI is InChI=1S/C16H24N4/c1-2-13(3-1)9-19-10-14-4-7-20(12-15(14)11-19)16-8-17-5-6-18-16/h5-6,8,13-15H,1-4,7,9-12H2/t14-,15-/m1/s1. The van der Waals surface area contributed by atoms with Crippen LogP contribution in [-0.2, 0) is 0 Å². The Hall–Kier alpha value is -1.16. The normalized spacial score (nSPS) is 31.1. The molecule has 1 saturated carbocycles. The molecule has 108 valence electrons. The van der Waals surface area contributed by atoms with Crippen molar-refractivity contribution in [3.05, 3.63) is 18.6 Å². The minimum atomic E-state index is 0.839. The van der Waals surface area contributed by atoms with E-state index in [4.69, 9.17) is 0 Å². The molecule has 0 bridgehead atoms. The molecule has 2 saturated heterocycles. The van der Waals surface area contributed by atoms with E-state index in [-0.39, 0.29) is 0 Å². The average molecular weight is 272 g/mol. The molecule has 3 heterocycles. The van der Waals surface area contributed by atoms with Gasteiger partial charge in [0.15, 0.2) is 0 Å². The van der Waals surface area contributed by atoms with Gasteiger partial charge in [-0.3, -0.25) is 4.98 Å². The number of fused-ring (bicyclic) bond motifs is 1. The predicted molar refractivity (Wildman–Crippen MR) is 79.6 cm³/mol. The molecule has 0 aromatic carbocycles. The number of anilines is 1. The second kappa shape index (κ2) is 5.32. The lowest BCUT2D eigenvalue weighted by Crippen LogP contribution is -2.40. The van der Waals surface area contributed by atoms with Crippen molar-refractivity contribution in [1.82, 2.24) is 14.9 Å². The maximum Gasteiger partial charge on any atom is 0.147 e. The maximum absolute atomic E-state index is 4.46. The Kier molecular flexibility index (Phi) is 3.34. The maximum atomic E-state index is 4.46. The molecule has 2 aliphatic heterocycles. The summed E-state index contributed by atoms with van der Waals surface area (Å²) in [7, 11) is 0. The third kappa shape index (κ3) is 2.41. The number of piperidine rings is 1. The number of nitrogens with zero attached hydrogens (tertiary/aromatic N) is 4. The van der Waals surface area contributed by atoms with Crippen molar-refractivity contribution in [3.8, 4) is 0 Å². The molecular formula is C16H24N4. The van der Waals surface area contributed by atoms with Gasteiger partial charge in [-0.2, -0.15) is 0 Å². The Labute approximate surface area is 121 Å². The lowest BCUT2D eigenvalue weighted by Gasteiger charge is -2.34. The van der Waals surface area contributed by atoms with Gasteiger partial charge in [0.05, 0.1) is 6.20 Å². The van der Waals surface area contributed by atoms with Crippen molar-refractivity contribution >= 4 is 5.82 Å². The highest BCUT2D eigenvalue weighted by molar-refractivity contribution is 5.36. The second-order valence-corrected chi connectivity index (χ2v) is 6.83. The summed E-state index contributed by atoms with van der Waals surface area (Å²) in [6.07, 6.45) is 11.2. The minimum absolute atomic E-state index is 0.839. The monoisotopic (exact) mass is 272 g/mol. The second-order valence-electron chi connectivity index (χ2n) is 6.83. The van der Waals surface area contributed by atoms with Crippen molar-refractivity contribution in [2.45, 2.75) is 25.7 Å². The molecule has 20 heavy (non-hydrogen) atoms. The Morgan fingerprint density at radius 1 is 1.05 bits per heavy atom. The summed E-state index contributed by atoms with van der Waals surface area (Å²) in [5.41, 5.74) is 0. The van der Waals surface area contributed by atoms with Gasteiger partial charge < -0.3 is 9.80 Å². The van der Waals surface area contributed by atoms with Gasteiger partial charge in [0.1, 0.15) is 5.82 Å². The van der Waals surface area contributed by atoms with E-state index in [9.17, 15) is 0 Å². The van der Waals surface area contributed by atoms with Gasteiger partial charge in [-0.05, 0) is 37.0 Å². The van der Waals surface area contributed by atoms with Crippen LogP contribution in [0.4, 0.5) is 5.82 Å². The van der Waals surface area contributed by atoms with Gasteiger partial charge >= 0.3 is 0 Å². The molecule has 3 aliphatic rings. The lowest BCUT2D eigenvalue weighted by atomic mass is 9.85. The molecule has 0 amide bonds. The molecular weight excluding hydrogens is 248 g/mol. The Morgan fingerprint density at radius 3 is 2.70 bits per heavy atom. The smallest absolute Gasteiger partial charge is 0.147 e. The van der Waals surface area contributed by atoms with Crippen LogP contribution in [0.25, 0.3) is 0 Å². The SMILES string of the molecule is c1cnc(N2CC[C@@H]3CN(CC4CCC4)C[C@@H]3C2)cn1. The first-order chi connectivity index (χ1) is 9.88. The molecule has 0 spiro atoms. The Morgan fingerprint density at radius 2 is 1.95 bits per heavy atom. The highest BCUT2D eigenvalue weighted by atomic mass is 15.2. The van der Waals surface area contributed by atoms with Crippen LogP contribution >= 0.6 is 0 Å². The summed E-state index contributed by atoms with van der Waals surface area (Å²) in [6.45, 7) is 6.33. The van der Waals surface area contributed by atoms with Crippen molar-refractivity contribution in [1.29, 1.82) is 0 Å². The van der Waals surface area contributed by atoms with Crippen molar-refractivity contribution < 1.29 is 0 Å². The van der Waals surface area contributed by atoms with E-state index in [1.54, 1.807) is 12.4 Å². The van der Waals surface area contributed by atoms with Crippen LogP contribution in [0.5, 0.6) is 0 Å². The number of hydrogen-bond donors (Lipinski definition) is 0. The molecule has 1 aromatic heterocycles. The molecule has 0 unspecified atom stereocenters. The summed E-state index contributed by atoms with van der Waals surface area (Å²) >= 11 is 0. The van der Waals surface area contributed by atoms with Crippen LogP contribution in [0.3, 0.4) is 0 Å². The number of aromatic nitrogens is 2. The zero-order valence-electron chi connectivity index (χ0n) is 12.1. The zero-order valence-corrected chi connectivity index (χ0v) is 12.1. The largest absolute Gasteiger partial charge is 0.355 e. The van der Waals surface area contributed by atoms with Crippen molar-refractivity contribution in [2.24, 2.45) is 17.8 Å².